The van der Waals surface area contributed by atoms with Crippen LogP contribution >= 0.6 is 7.60 Å². The molecule has 25 heavy (non-hydrogen) atoms. The van der Waals surface area contributed by atoms with Crippen molar-refractivity contribution in [2.75, 3.05) is 26.4 Å². The number of carbonyl (C=O) groups is 1. The minimum Gasteiger partial charge on any atom is -0.469 e. The van der Waals surface area contributed by atoms with Gasteiger partial charge in [-0.2, -0.15) is 0 Å². The highest BCUT2D eigenvalue weighted by Gasteiger charge is 2.49. The average molecular weight is 377 g/mol. The molecule has 2 atom stereocenters. The van der Waals surface area contributed by atoms with Gasteiger partial charge in [-0.1, -0.05) is 0 Å². The summed E-state index contributed by atoms with van der Waals surface area (Å²) in [5, 5.41) is 11.1. The Morgan fingerprint density at radius 1 is 1.28 bits per heavy atom. The number of furan rings is 1. The van der Waals surface area contributed by atoms with Crippen LogP contribution in [0.4, 0.5) is 0 Å². The lowest BCUT2D eigenvalue weighted by atomic mass is 9.99. The van der Waals surface area contributed by atoms with E-state index in [-0.39, 0.29) is 19.8 Å². The summed E-state index contributed by atoms with van der Waals surface area (Å²) in [5.41, 5.74) is -0.833. The number of aryl methyl sites for hydroxylation is 1. The summed E-state index contributed by atoms with van der Waals surface area (Å²) in [6, 6.07) is 1.51. The van der Waals surface area contributed by atoms with E-state index in [4.69, 9.17) is 18.2 Å². The molecule has 0 saturated heterocycles. The van der Waals surface area contributed by atoms with Crippen LogP contribution in [0.3, 0.4) is 0 Å². The van der Waals surface area contributed by atoms with Crippen molar-refractivity contribution in [3.05, 3.63) is 33.8 Å². The zero-order chi connectivity index (χ0) is 19.0. The number of ether oxygens (including phenoxy) is 1. The molecule has 1 aromatic rings. The van der Waals surface area contributed by atoms with Crippen LogP contribution in [0.15, 0.2) is 16.7 Å². The fourth-order valence-corrected chi connectivity index (χ4v) is 4.96. The number of rotatable bonds is 11. The van der Waals surface area contributed by atoms with Gasteiger partial charge in [0, 0.05) is 10.5 Å². The van der Waals surface area contributed by atoms with Gasteiger partial charge in [0.05, 0.1) is 26.1 Å². The van der Waals surface area contributed by atoms with E-state index in [9.17, 15) is 19.5 Å². The third-order valence-corrected chi connectivity index (χ3v) is 6.05. The van der Waals surface area contributed by atoms with Gasteiger partial charge in [-0.05, 0) is 33.8 Å². The predicted molar refractivity (Wildman–Crippen MR) is 89.0 cm³/mol. The molecule has 1 rings (SSSR count). The van der Waals surface area contributed by atoms with Crippen LogP contribution in [0, 0.1) is 23.0 Å². The summed E-state index contributed by atoms with van der Waals surface area (Å²) < 4.78 is 34.3. The topological polar surface area (TPSA) is 118 Å². The van der Waals surface area contributed by atoms with Gasteiger partial charge in [-0.3, -0.25) is 19.5 Å². The first-order valence-electron chi connectivity index (χ1n) is 8.01. The van der Waals surface area contributed by atoms with Crippen LogP contribution < -0.4 is 0 Å². The van der Waals surface area contributed by atoms with Gasteiger partial charge in [0.1, 0.15) is 17.3 Å². The molecular formula is C15H24NO8P. The van der Waals surface area contributed by atoms with Gasteiger partial charge < -0.3 is 18.2 Å². The molecule has 0 aromatic carbocycles. The smallest absolute Gasteiger partial charge is 0.339 e. The summed E-state index contributed by atoms with van der Waals surface area (Å²) in [5.74, 6) is -1.79. The van der Waals surface area contributed by atoms with E-state index < -0.39 is 36.6 Å². The number of carbonyl (C=O) groups excluding carboxylic acids is 1. The van der Waals surface area contributed by atoms with Gasteiger partial charge in [0.25, 0.3) is 0 Å². The van der Waals surface area contributed by atoms with Crippen molar-refractivity contribution in [3.8, 4) is 0 Å². The highest BCUT2D eigenvalue weighted by atomic mass is 31.2. The molecule has 1 aromatic heterocycles. The Labute approximate surface area is 146 Å². The first kappa shape index (κ1) is 21.3. The number of hydrogen-bond donors (Lipinski definition) is 0. The maximum atomic E-state index is 13.4. The van der Waals surface area contributed by atoms with Crippen molar-refractivity contribution in [2.45, 2.75) is 33.4 Å². The summed E-state index contributed by atoms with van der Waals surface area (Å²) in [4.78, 5) is 22.9. The summed E-state index contributed by atoms with van der Waals surface area (Å²) >= 11 is 0. The molecular weight excluding hydrogens is 353 g/mol. The summed E-state index contributed by atoms with van der Waals surface area (Å²) in [7, 11) is -3.90. The molecule has 1 heterocycles. The van der Waals surface area contributed by atoms with Gasteiger partial charge in [0.2, 0.25) is 6.54 Å². The molecule has 0 bridgehead atoms. The second-order valence-electron chi connectivity index (χ2n) is 5.13. The second kappa shape index (κ2) is 9.70. The Bertz CT molecular complexity index is 619. The molecule has 10 heteroatoms. The lowest BCUT2D eigenvalue weighted by Crippen LogP contribution is -2.32. The van der Waals surface area contributed by atoms with Crippen molar-refractivity contribution in [1.29, 1.82) is 0 Å². The van der Waals surface area contributed by atoms with Gasteiger partial charge in [-0.25, -0.2) is 0 Å². The van der Waals surface area contributed by atoms with Crippen LogP contribution in [-0.2, 0) is 23.1 Å². The molecule has 9 nitrogen and oxygen atoms in total. The summed E-state index contributed by atoms with van der Waals surface area (Å²) in [6.45, 7) is 5.83. The molecule has 0 saturated carbocycles. The van der Waals surface area contributed by atoms with Gasteiger partial charge in [-0.15, -0.1) is 0 Å². The Morgan fingerprint density at radius 3 is 2.28 bits per heavy atom. The molecule has 0 N–H and O–H groups in total. The maximum absolute atomic E-state index is 13.4. The van der Waals surface area contributed by atoms with Gasteiger partial charge in [0.15, 0.2) is 0 Å². The molecule has 0 aliphatic carbocycles. The molecule has 0 aliphatic rings. The Hall–Kier alpha value is -1.70. The number of esters is 1. The predicted octanol–water partition coefficient (Wildman–Crippen LogP) is 3.35. The minimum atomic E-state index is -3.90. The fourth-order valence-electron chi connectivity index (χ4n) is 2.58. The van der Waals surface area contributed by atoms with E-state index in [0.717, 1.165) is 0 Å². The van der Waals surface area contributed by atoms with Crippen LogP contribution in [0.2, 0.25) is 0 Å². The third-order valence-electron chi connectivity index (χ3n) is 3.49. The molecule has 142 valence electrons. The van der Waals surface area contributed by atoms with Crippen LogP contribution in [0.25, 0.3) is 0 Å². The summed E-state index contributed by atoms with van der Waals surface area (Å²) in [6.07, 6.45) is 1.36. The standard InChI is InChI=1S/C15H24NO8P/c1-5-21-15(17)13(10-16(18)19)14(12-8-9-22-11(12)4)25(20,23-6-2)24-7-3/h8-9,13-14H,5-7,10H2,1-4H3. The van der Waals surface area contributed by atoms with E-state index in [2.05, 4.69) is 0 Å². The van der Waals surface area contributed by atoms with Crippen molar-refractivity contribution < 1.29 is 32.5 Å². The normalized spacial score (nSPS) is 14.1. The monoisotopic (exact) mass is 377 g/mol. The van der Waals surface area contributed by atoms with E-state index in [0.29, 0.717) is 11.3 Å². The van der Waals surface area contributed by atoms with Crippen LogP contribution in [0.1, 0.15) is 37.8 Å². The van der Waals surface area contributed by atoms with Crippen LogP contribution in [0.5, 0.6) is 0 Å². The van der Waals surface area contributed by atoms with E-state index in [1.807, 2.05) is 0 Å². The zero-order valence-corrected chi connectivity index (χ0v) is 15.7. The maximum Gasteiger partial charge on any atom is 0.339 e. The third kappa shape index (κ3) is 5.39. The quantitative estimate of drug-likeness (QED) is 0.249. The lowest BCUT2D eigenvalue weighted by molar-refractivity contribution is -0.486. The van der Waals surface area contributed by atoms with Crippen molar-refractivity contribution in [3.63, 3.8) is 0 Å². The second-order valence-corrected chi connectivity index (χ2v) is 7.28. The van der Waals surface area contributed by atoms with Crippen LogP contribution in [-0.4, -0.2) is 37.3 Å². The Balaban J connectivity index is 3.50. The van der Waals surface area contributed by atoms with E-state index >= 15 is 0 Å². The number of nitro groups is 1. The molecule has 0 amide bonds. The van der Waals surface area contributed by atoms with Gasteiger partial charge >= 0.3 is 13.6 Å². The largest absolute Gasteiger partial charge is 0.469 e. The number of hydrogen-bond acceptors (Lipinski definition) is 8. The highest BCUT2D eigenvalue weighted by Crippen LogP contribution is 2.64. The SMILES string of the molecule is CCOC(=O)C(C[N+](=O)[O-])C(c1ccoc1C)P(=O)(OCC)OCC. The first-order valence-corrected chi connectivity index (χ1v) is 9.63. The molecule has 0 aliphatic heterocycles. The fraction of sp³-hybridized carbons (Fsp3) is 0.667. The van der Waals surface area contributed by atoms with Crippen molar-refractivity contribution in [1.82, 2.24) is 0 Å². The molecule has 0 spiro atoms. The minimum absolute atomic E-state index is 0.0394. The average Bonchev–Trinajstić information content (AvgIpc) is 2.93. The molecule has 0 radical (unpaired) electrons. The van der Waals surface area contributed by atoms with E-state index in [1.54, 1.807) is 27.7 Å². The van der Waals surface area contributed by atoms with Crippen molar-refractivity contribution >= 4 is 13.6 Å². The highest BCUT2D eigenvalue weighted by molar-refractivity contribution is 7.54. The Kier molecular flexibility index (Phi) is 8.28. The first-order chi connectivity index (χ1) is 11.8. The number of nitrogens with zero attached hydrogens (tertiary/aromatic N) is 1. The lowest BCUT2D eigenvalue weighted by Gasteiger charge is -2.29. The van der Waals surface area contributed by atoms with E-state index in [1.165, 1.54) is 12.3 Å². The molecule has 2 unspecified atom stereocenters. The molecule has 0 fully saturated rings. The zero-order valence-electron chi connectivity index (χ0n) is 14.8. The van der Waals surface area contributed by atoms with Crippen molar-refractivity contribution in [2.24, 2.45) is 5.92 Å². The Morgan fingerprint density at radius 2 is 1.88 bits per heavy atom.